The van der Waals surface area contributed by atoms with E-state index in [1.807, 2.05) is 0 Å². The SMILES string of the molecule is C[C@@H](O)[C@H](N)C(=O)Nc1ncnc2c1ncn2[C@@H]1O[C@H](CO)[C@@H](O)[C@H]1O. The number of hydrogen-bond donors (Lipinski definition) is 6. The minimum atomic E-state index is -1.30. The van der Waals surface area contributed by atoms with Crippen LogP contribution in [0.4, 0.5) is 5.82 Å². The number of nitrogens with two attached hydrogens (primary N) is 1. The van der Waals surface area contributed by atoms with E-state index < -0.39 is 49.2 Å². The van der Waals surface area contributed by atoms with Crippen molar-refractivity contribution in [2.24, 2.45) is 5.73 Å². The molecule has 2 aromatic heterocycles. The van der Waals surface area contributed by atoms with Crippen LogP contribution < -0.4 is 11.1 Å². The first-order valence-electron chi connectivity index (χ1n) is 7.89. The van der Waals surface area contributed by atoms with E-state index >= 15 is 0 Å². The molecule has 26 heavy (non-hydrogen) atoms. The molecule has 0 saturated carbocycles. The number of hydrogen-bond acceptors (Lipinski definition) is 10. The fraction of sp³-hybridized carbons (Fsp3) is 0.571. The van der Waals surface area contributed by atoms with Crippen molar-refractivity contribution in [1.82, 2.24) is 19.5 Å². The number of ether oxygens (including phenoxy) is 1. The van der Waals surface area contributed by atoms with Crippen molar-refractivity contribution in [3.8, 4) is 0 Å². The van der Waals surface area contributed by atoms with Crippen molar-refractivity contribution in [2.75, 3.05) is 11.9 Å². The van der Waals surface area contributed by atoms with Gasteiger partial charge in [0.25, 0.3) is 0 Å². The van der Waals surface area contributed by atoms with Crippen LogP contribution in [0.3, 0.4) is 0 Å². The molecule has 0 bridgehead atoms. The highest BCUT2D eigenvalue weighted by Crippen LogP contribution is 2.32. The second-order valence-corrected chi connectivity index (χ2v) is 6.03. The molecule has 0 aromatic carbocycles. The van der Waals surface area contributed by atoms with Gasteiger partial charge in [-0.05, 0) is 6.92 Å². The Kier molecular flexibility index (Phi) is 5.13. The molecule has 1 fully saturated rings. The van der Waals surface area contributed by atoms with Gasteiger partial charge in [0.2, 0.25) is 5.91 Å². The molecule has 1 saturated heterocycles. The Labute approximate surface area is 147 Å². The smallest absolute Gasteiger partial charge is 0.245 e. The summed E-state index contributed by atoms with van der Waals surface area (Å²) in [7, 11) is 0. The maximum atomic E-state index is 12.0. The Hall–Kier alpha value is -2.22. The van der Waals surface area contributed by atoms with Gasteiger partial charge < -0.3 is 36.2 Å². The number of imidazole rings is 1. The summed E-state index contributed by atoms with van der Waals surface area (Å²) in [6.07, 6.45) is -3.12. The molecule has 142 valence electrons. The first-order valence-corrected chi connectivity index (χ1v) is 7.89. The van der Waals surface area contributed by atoms with E-state index in [0.717, 1.165) is 0 Å². The molecule has 7 N–H and O–H groups in total. The molecule has 0 spiro atoms. The number of anilines is 1. The van der Waals surface area contributed by atoms with Gasteiger partial charge in [0.05, 0.1) is 19.0 Å². The number of carbonyl (C=O) groups excluding carboxylic acids is 1. The maximum Gasteiger partial charge on any atom is 0.245 e. The molecule has 1 amide bonds. The Bertz CT molecular complexity index is 797. The van der Waals surface area contributed by atoms with E-state index in [1.54, 1.807) is 0 Å². The van der Waals surface area contributed by atoms with Crippen LogP contribution in [-0.2, 0) is 9.53 Å². The highest BCUT2D eigenvalue weighted by atomic mass is 16.6. The molecule has 6 atom stereocenters. The maximum absolute atomic E-state index is 12.0. The third kappa shape index (κ3) is 3.13. The largest absolute Gasteiger partial charge is 0.394 e. The number of fused-ring (bicyclic) bond motifs is 1. The number of carbonyl (C=O) groups is 1. The van der Waals surface area contributed by atoms with E-state index in [9.17, 15) is 25.2 Å². The minimum Gasteiger partial charge on any atom is -0.394 e. The molecule has 12 heteroatoms. The number of nitrogens with one attached hydrogen (secondary N) is 1. The Balaban J connectivity index is 1.91. The van der Waals surface area contributed by atoms with E-state index in [0.29, 0.717) is 0 Å². The Morgan fingerprint density at radius 1 is 1.38 bits per heavy atom. The predicted octanol–water partition coefficient (Wildman–Crippen LogP) is -2.92. The second-order valence-electron chi connectivity index (χ2n) is 6.03. The molecule has 3 heterocycles. The van der Waals surface area contributed by atoms with Gasteiger partial charge in [-0.1, -0.05) is 0 Å². The predicted molar refractivity (Wildman–Crippen MR) is 86.6 cm³/mol. The monoisotopic (exact) mass is 368 g/mol. The fourth-order valence-corrected chi connectivity index (χ4v) is 2.66. The van der Waals surface area contributed by atoms with Gasteiger partial charge in [0.1, 0.15) is 30.7 Å². The average molecular weight is 368 g/mol. The van der Waals surface area contributed by atoms with Crippen molar-refractivity contribution >= 4 is 22.9 Å². The summed E-state index contributed by atoms with van der Waals surface area (Å²) in [6.45, 7) is 0.922. The van der Waals surface area contributed by atoms with Crippen molar-refractivity contribution in [3.63, 3.8) is 0 Å². The number of rotatable bonds is 5. The first-order chi connectivity index (χ1) is 12.3. The third-order valence-corrected chi connectivity index (χ3v) is 4.21. The van der Waals surface area contributed by atoms with Crippen LogP contribution in [-0.4, -0.2) is 82.9 Å². The van der Waals surface area contributed by atoms with Crippen molar-refractivity contribution in [3.05, 3.63) is 12.7 Å². The molecule has 12 nitrogen and oxygen atoms in total. The van der Waals surface area contributed by atoms with Gasteiger partial charge in [-0.25, -0.2) is 15.0 Å². The van der Waals surface area contributed by atoms with Crippen LogP contribution >= 0.6 is 0 Å². The van der Waals surface area contributed by atoms with Gasteiger partial charge in [-0.3, -0.25) is 9.36 Å². The minimum absolute atomic E-state index is 0.0709. The molecule has 0 aliphatic carbocycles. The number of aliphatic hydroxyl groups excluding tert-OH is 4. The number of aromatic nitrogens is 4. The van der Waals surface area contributed by atoms with Gasteiger partial charge in [0.15, 0.2) is 23.2 Å². The second kappa shape index (κ2) is 7.19. The van der Waals surface area contributed by atoms with Crippen molar-refractivity contribution < 1.29 is 30.0 Å². The van der Waals surface area contributed by atoms with Crippen molar-refractivity contribution in [2.45, 2.75) is 43.6 Å². The zero-order valence-corrected chi connectivity index (χ0v) is 13.8. The summed E-state index contributed by atoms with van der Waals surface area (Å²) in [4.78, 5) is 24.1. The summed E-state index contributed by atoms with van der Waals surface area (Å²) in [6, 6.07) is -1.15. The number of amides is 1. The molecule has 3 rings (SSSR count). The van der Waals surface area contributed by atoms with Crippen LogP contribution in [0.25, 0.3) is 11.2 Å². The zero-order chi connectivity index (χ0) is 19.0. The average Bonchev–Trinajstić information content (AvgIpc) is 3.16. The molecule has 1 aliphatic heterocycles. The topological polar surface area (TPSA) is 189 Å². The molecule has 1 aliphatic rings. The lowest BCUT2D eigenvalue weighted by Crippen LogP contribution is -2.43. The molecule has 2 aromatic rings. The molecular formula is C14H20N6O6. The third-order valence-electron chi connectivity index (χ3n) is 4.21. The lowest BCUT2D eigenvalue weighted by molar-refractivity contribution is -0.119. The number of nitrogens with zero attached hydrogens (tertiary/aromatic N) is 4. The van der Waals surface area contributed by atoms with E-state index in [4.69, 9.17) is 10.5 Å². The quantitative estimate of drug-likeness (QED) is 0.319. The van der Waals surface area contributed by atoms with E-state index in [1.165, 1.54) is 24.1 Å². The van der Waals surface area contributed by atoms with Crippen LogP contribution in [0.2, 0.25) is 0 Å². The Morgan fingerprint density at radius 2 is 2.12 bits per heavy atom. The van der Waals surface area contributed by atoms with E-state index in [-0.39, 0.29) is 17.0 Å². The van der Waals surface area contributed by atoms with Crippen LogP contribution in [0.15, 0.2) is 12.7 Å². The summed E-state index contributed by atoms with van der Waals surface area (Å²) in [5, 5.41) is 41.1. The Morgan fingerprint density at radius 3 is 2.73 bits per heavy atom. The summed E-state index contributed by atoms with van der Waals surface area (Å²) in [5.74, 6) is -0.580. The first kappa shape index (κ1) is 18.6. The van der Waals surface area contributed by atoms with Crippen LogP contribution in [0.1, 0.15) is 13.2 Å². The number of aliphatic hydroxyl groups is 4. The van der Waals surface area contributed by atoms with Gasteiger partial charge >= 0.3 is 0 Å². The highest BCUT2D eigenvalue weighted by molar-refractivity contribution is 5.99. The van der Waals surface area contributed by atoms with E-state index in [2.05, 4.69) is 20.3 Å². The normalized spacial score (nSPS) is 28.2. The lowest BCUT2D eigenvalue weighted by Gasteiger charge is -2.17. The molecule has 0 radical (unpaired) electrons. The van der Waals surface area contributed by atoms with Crippen molar-refractivity contribution in [1.29, 1.82) is 0 Å². The fourth-order valence-electron chi connectivity index (χ4n) is 2.66. The summed E-state index contributed by atoms with van der Waals surface area (Å²) >= 11 is 0. The van der Waals surface area contributed by atoms with Gasteiger partial charge in [0, 0.05) is 0 Å². The summed E-state index contributed by atoms with van der Waals surface area (Å²) < 4.78 is 6.82. The van der Waals surface area contributed by atoms with Crippen LogP contribution in [0.5, 0.6) is 0 Å². The summed E-state index contributed by atoms with van der Waals surface area (Å²) in [5.41, 5.74) is 6.02. The zero-order valence-electron chi connectivity index (χ0n) is 13.8. The highest BCUT2D eigenvalue weighted by Gasteiger charge is 2.44. The lowest BCUT2D eigenvalue weighted by atomic mass is 10.1. The standard InChI is InChI=1S/C14H20N6O6/c1-5(22)7(15)13(25)19-11-8-12(17-3-16-11)20(4-18-8)14-10(24)9(23)6(2-21)26-14/h3-7,9-10,14,21-24H,2,15H2,1H3,(H,16,17,19,25)/t5-,6-,7+,9-,10-,14-/m1/s1. The van der Waals surface area contributed by atoms with Gasteiger partial charge in [-0.2, -0.15) is 0 Å². The molecular weight excluding hydrogens is 348 g/mol. The molecule has 0 unspecified atom stereocenters. The van der Waals surface area contributed by atoms with Gasteiger partial charge in [-0.15, -0.1) is 0 Å². The van der Waals surface area contributed by atoms with Crippen LogP contribution in [0, 0.1) is 0 Å².